The van der Waals surface area contributed by atoms with Crippen molar-refractivity contribution in [1.82, 2.24) is 4.31 Å². The van der Waals surface area contributed by atoms with Gasteiger partial charge in [0, 0.05) is 13.6 Å². The summed E-state index contributed by atoms with van der Waals surface area (Å²) in [6, 6.07) is 0. The van der Waals surface area contributed by atoms with Gasteiger partial charge in [-0.05, 0) is 12.3 Å². The highest BCUT2D eigenvalue weighted by Gasteiger charge is 2.28. The van der Waals surface area contributed by atoms with Crippen molar-refractivity contribution in [3.8, 4) is 0 Å². The van der Waals surface area contributed by atoms with Crippen molar-refractivity contribution >= 4 is 10.0 Å². The van der Waals surface area contributed by atoms with E-state index in [4.69, 9.17) is 5.11 Å². The Morgan fingerprint density at radius 1 is 1.36 bits per heavy atom. The van der Waals surface area contributed by atoms with Gasteiger partial charge in [-0.1, -0.05) is 20.8 Å². The Morgan fingerprint density at radius 2 is 1.79 bits per heavy atom. The summed E-state index contributed by atoms with van der Waals surface area (Å²) in [4.78, 5) is 0. The summed E-state index contributed by atoms with van der Waals surface area (Å²) >= 11 is 0. The predicted molar refractivity (Wildman–Crippen MR) is 57.6 cm³/mol. The lowest BCUT2D eigenvalue weighted by Gasteiger charge is -2.27. The monoisotopic (exact) mass is 223 g/mol. The maximum Gasteiger partial charge on any atom is 0.218 e. The molecular formula is C9H21NO3S. The molecule has 0 spiro atoms. The molecule has 1 unspecified atom stereocenters. The second-order valence-corrected chi connectivity index (χ2v) is 7.31. The Labute approximate surface area is 87.0 Å². The first-order valence-corrected chi connectivity index (χ1v) is 6.17. The van der Waals surface area contributed by atoms with Crippen molar-refractivity contribution in [2.24, 2.45) is 5.41 Å². The van der Waals surface area contributed by atoms with Crippen LogP contribution in [-0.4, -0.2) is 43.3 Å². The van der Waals surface area contributed by atoms with Crippen LogP contribution in [0.1, 0.15) is 27.7 Å². The molecule has 0 aliphatic carbocycles. The molecule has 0 bridgehead atoms. The molecule has 0 aliphatic rings. The Hall–Kier alpha value is -0.130. The fraction of sp³-hybridized carbons (Fsp3) is 1.00. The number of aliphatic hydroxyl groups is 1. The Bertz CT molecular complexity index is 266. The van der Waals surface area contributed by atoms with Gasteiger partial charge < -0.3 is 5.11 Å². The van der Waals surface area contributed by atoms with Gasteiger partial charge in [-0.25, -0.2) is 12.7 Å². The standard InChI is InChI=1S/C9H21NO3S/c1-8(6-11)14(12,13)10(5)7-9(2,3)4/h8,11H,6-7H2,1-5H3. The molecule has 86 valence electrons. The van der Waals surface area contributed by atoms with Crippen LogP contribution in [0, 0.1) is 5.41 Å². The van der Waals surface area contributed by atoms with Crippen LogP contribution in [0.4, 0.5) is 0 Å². The molecule has 0 aromatic carbocycles. The molecule has 0 rings (SSSR count). The fourth-order valence-corrected chi connectivity index (χ4v) is 2.53. The van der Waals surface area contributed by atoms with Crippen LogP contribution < -0.4 is 0 Å². The molecule has 0 heterocycles. The van der Waals surface area contributed by atoms with Crippen molar-refractivity contribution in [3.05, 3.63) is 0 Å². The molecular weight excluding hydrogens is 202 g/mol. The van der Waals surface area contributed by atoms with E-state index in [0.717, 1.165) is 0 Å². The van der Waals surface area contributed by atoms with Gasteiger partial charge in [0.25, 0.3) is 0 Å². The number of nitrogens with zero attached hydrogens (tertiary/aromatic N) is 1. The lowest BCUT2D eigenvalue weighted by atomic mass is 9.97. The molecule has 5 heteroatoms. The molecule has 0 aliphatic heterocycles. The largest absolute Gasteiger partial charge is 0.395 e. The number of sulfonamides is 1. The van der Waals surface area contributed by atoms with Crippen molar-refractivity contribution in [1.29, 1.82) is 0 Å². The van der Waals surface area contributed by atoms with Crippen LogP contribution in [0.2, 0.25) is 0 Å². The summed E-state index contributed by atoms with van der Waals surface area (Å²) in [5, 5.41) is 8.08. The average molecular weight is 223 g/mol. The van der Waals surface area contributed by atoms with Gasteiger partial charge in [-0.3, -0.25) is 0 Å². The Morgan fingerprint density at radius 3 is 2.07 bits per heavy atom. The number of hydrogen-bond donors (Lipinski definition) is 1. The lowest BCUT2D eigenvalue weighted by Crippen LogP contribution is -2.40. The summed E-state index contributed by atoms with van der Waals surface area (Å²) in [6.45, 7) is 7.55. The second kappa shape index (κ2) is 4.59. The van der Waals surface area contributed by atoms with Gasteiger partial charge in [-0.15, -0.1) is 0 Å². The minimum Gasteiger partial charge on any atom is -0.395 e. The van der Waals surface area contributed by atoms with Gasteiger partial charge in [0.2, 0.25) is 10.0 Å². The lowest BCUT2D eigenvalue weighted by molar-refractivity contribution is 0.278. The van der Waals surface area contributed by atoms with Crippen molar-refractivity contribution in [3.63, 3.8) is 0 Å². The molecule has 0 saturated carbocycles. The van der Waals surface area contributed by atoms with Gasteiger partial charge in [0.15, 0.2) is 0 Å². The summed E-state index contributed by atoms with van der Waals surface area (Å²) in [6.07, 6.45) is 0. The van der Waals surface area contributed by atoms with Gasteiger partial charge >= 0.3 is 0 Å². The van der Waals surface area contributed by atoms with E-state index in [9.17, 15) is 8.42 Å². The first-order chi connectivity index (χ1) is 6.11. The third-order valence-corrected chi connectivity index (χ3v) is 4.06. The summed E-state index contributed by atoms with van der Waals surface area (Å²) in [5.74, 6) is 0. The van der Waals surface area contributed by atoms with Gasteiger partial charge in [0.05, 0.1) is 11.9 Å². The van der Waals surface area contributed by atoms with Crippen LogP contribution in [0.15, 0.2) is 0 Å². The van der Waals surface area contributed by atoms with Crippen LogP contribution in [0.3, 0.4) is 0 Å². The third kappa shape index (κ3) is 3.94. The van der Waals surface area contributed by atoms with Gasteiger partial charge in [0.1, 0.15) is 0 Å². The molecule has 0 amide bonds. The molecule has 0 aromatic rings. The minimum absolute atomic E-state index is 0.0724. The third-order valence-electron chi connectivity index (χ3n) is 1.90. The first-order valence-electron chi connectivity index (χ1n) is 4.67. The minimum atomic E-state index is -3.34. The number of hydrogen-bond acceptors (Lipinski definition) is 3. The zero-order valence-electron chi connectivity index (χ0n) is 9.61. The van der Waals surface area contributed by atoms with E-state index >= 15 is 0 Å². The Kier molecular flexibility index (Phi) is 4.55. The topological polar surface area (TPSA) is 57.6 Å². The van der Waals surface area contributed by atoms with Crippen molar-refractivity contribution in [2.75, 3.05) is 20.2 Å². The van der Waals surface area contributed by atoms with Gasteiger partial charge in [-0.2, -0.15) is 0 Å². The highest BCUT2D eigenvalue weighted by atomic mass is 32.2. The van der Waals surface area contributed by atoms with E-state index in [1.54, 1.807) is 7.05 Å². The number of aliphatic hydroxyl groups excluding tert-OH is 1. The van der Waals surface area contributed by atoms with E-state index < -0.39 is 15.3 Å². The zero-order chi connectivity index (χ0) is 11.6. The SMILES string of the molecule is CC(CO)S(=O)(=O)N(C)CC(C)(C)C. The van der Waals surface area contributed by atoms with E-state index in [0.29, 0.717) is 6.54 Å². The van der Waals surface area contributed by atoms with Crippen LogP contribution in [-0.2, 0) is 10.0 Å². The van der Waals surface area contributed by atoms with E-state index in [1.165, 1.54) is 11.2 Å². The average Bonchev–Trinajstić information content (AvgIpc) is 1.99. The predicted octanol–water partition coefficient (Wildman–Crippen LogP) is 0.675. The summed E-state index contributed by atoms with van der Waals surface area (Å²) in [5.41, 5.74) is -0.0724. The molecule has 14 heavy (non-hydrogen) atoms. The molecule has 1 N–H and O–H groups in total. The molecule has 0 aromatic heterocycles. The highest BCUT2D eigenvalue weighted by molar-refractivity contribution is 7.89. The molecule has 4 nitrogen and oxygen atoms in total. The molecule has 0 saturated heterocycles. The molecule has 0 radical (unpaired) electrons. The van der Waals surface area contributed by atoms with Crippen molar-refractivity contribution < 1.29 is 13.5 Å². The van der Waals surface area contributed by atoms with E-state index in [1.807, 2.05) is 20.8 Å². The quantitative estimate of drug-likeness (QED) is 0.762. The maximum absolute atomic E-state index is 11.7. The van der Waals surface area contributed by atoms with Crippen LogP contribution >= 0.6 is 0 Å². The Balaban J connectivity index is 4.61. The van der Waals surface area contributed by atoms with Crippen LogP contribution in [0.25, 0.3) is 0 Å². The summed E-state index contributed by atoms with van der Waals surface area (Å²) in [7, 11) is -1.79. The normalized spacial score (nSPS) is 15.9. The van der Waals surface area contributed by atoms with Crippen LogP contribution in [0.5, 0.6) is 0 Å². The first kappa shape index (κ1) is 13.9. The highest BCUT2D eigenvalue weighted by Crippen LogP contribution is 2.17. The maximum atomic E-state index is 11.7. The smallest absolute Gasteiger partial charge is 0.218 e. The zero-order valence-corrected chi connectivity index (χ0v) is 10.4. The van der Waals surface area contributed by atoms with E-state index in [2.05, 4.69) is 0 Å². The second-order valence-electron chi connectivity index (χ2n) is 4.85. The molecule has 1 atom stereocenters. The van der Waals surface area contributed by atoms with E-state index in [-0.39, 0.29) is 12.0 Å². The van der Waals surface area contributed by atoms with Crippen molar-refractivity contribution in [2.45, 2.75) is 32.9 Å². The number of rotatable bonds is 4. The fourth-order valence-electron chi connectivity index (χ4n) is 1.16. The molecule has 0 fully saturated rings. The summed E-state index contributed by atoms with van der Waals surface area (Å²) < 4.78 is 24.7.